The second-order valence-corrected chi connectivity index (χ2v) is 7.38. The van der Waals surface area contributed by atoms with E-state index in [9.17, 15) is 4.79 Å². The summed E-state index contributed by atoms with van der Waals surface area (Å²) < 4.78 is 7.19. The molecule has 1 aliphatic heterocycles. The number of thioether (sulfide) groups is 1. The molecule has 1 saturated heterocycles. The Morgan fingerprint density at radius 3 is 2.96 bits per heavy atom. The number of fused-ring (bicyclic) bond motifs is 1. The van der Waals surface area contributed by atoms with E-state index < -0.39 is 0 Å². The molecule has 3 aromatic rings. The molecule has 0 radical (unpaired) electrons. The molecule has 1 amide bonds. The van der Waals surface area contributed by atoms with Gasteiger partial charge in [0.25, 0.3) is 0 Å². The van der Waals surface area contributed by atoms with E-state index in [4.69, 9.17) is 4.74 Å². The number of nitrogens with one attached hydrogen (secondary N) is 1. The smallest absolute Gasteiger partial charge is 0.230 e. The van der Waals surface area contributed by atoms with Crippen molar-refractivity contribution < 1.29 is 9.53 Å². The van der Waals surface area contributed by atoms with Crippen LogP contribution in [0, 0.1) is 6.92 Å². The maximum Gasteiger partial charge on any atom is 0.230 e. The maximum atomic E-state index is 12.1. The van der Waals surface area contributed by atoms with Gasteiger partial charge in [-0.05, 0) is 31.9 Å². The van der Waals surface area contributed by atoms with Crippen molar-refractivity contribution in [2.75, 3.05) is 18.9 Å². The molecule has 3 heterocycles. The van der Waals surface area contributed by atoms with Crippen LogP contribution in [0.15, 0.2) is 35.6 Å². The molecule has 1 atom stereocenters. The van der Waals surface area contributed by atoms with Crippen molar-refractivity contribution in [2.45, 2.75) is 30.9 Å². The Morgan fingerprint density at radius 2 is 2.19 bits per heavy atom. The van der Waals surface area contributed by atoms with E-state index in [2.05, 4.69) is 25.6 Å². The van der Waals surface area contributed by atoms with Gasteiger partial charge in [-0.1, -0.05) is 34.7 Å². The van der Waals surface area contributed by atoms with E-state index in [-0.39, 0.29) is 17.8 Å². The predicted molar refractivity (Wildman–Crippen MR) is 102 cm³/mol. The SMILES string of the molecule is Cc1ccc(-n2nnc3c(SCC(=O)NC[C@H]4CCCO4)ncnc32)cc1. The molecular weight excluding hydrogens is 364 g/mol. The van der Waals surface area contributed by atoms with Gasteiger partial charge in [-0.25, -0.2) is 9.97 Å². The molecule has 0 unspecified atom stereocenters. The number of rotatable bonds is 6. The van der Waals surface area contributed by atoms with Crippen LogP contribution in [0.25, 0.3) is 16.9 Å². The van der Waals surface area contributed by atoms with Gasteiger partial charge in [0.15, 0.2) is 11.2 Å². The first kappa shape index (κ1) is 17.9. The van der Waals surface area contributed by atoms with Crippen LogP contribution < -0.4 is 5.32 Å². The molecule has 1 aliphatic rings. The Hall–Kier alpha value is -2.52. The number of benzene rings is 1. The monoisotopic (exact) mass is 384 g/mol. The first-order valence-electron chi connectivity index (χ1n) is 8.85. The molecule has 1 aromatic carbocycles. The summed E-state index contributed by atoms with van der Waals surface area (Å²) in [6, 6.07) is 7.96. The van der Waals surface area contributed by atoms with Gasteiger partial charge in [-0.3, -0.25) is 4.79 Å². The zero-order valence-electron chi connectivity index (χ0n) is 15.0. The number of nitrogens with zero attached hydrogens (tertiary/aromatic N) is 5. The molecule has 0 aliphatic carbocycles. The third-order valence-corrected chi connectivity index (χ3v) is 5.35. The van der Waals surface area contributed by atoms with Gasteiger partial charge in [-0.15, -0.1) is 5.10 Å². The number of aryl methyl sites for hydroxylation is 1. The number of hydrogen-bond acceptors (Lipinski definition) is 7. The predicted octanol–water partition coefficient (Wildman–Crippen LogP) is 1.91. The van der Waals surface area contributed by atoms with Gasteiger partial charge in [0.05, 0.1) is 17.5 Å². The Morgan fingerprint density at radius 1 is 1.33 bits per heavy atom. The molecule has 1 fully saturated rings. The molecule has 1 N–H and O–H groups in total. The molecule has 0 spiro atoms. The molecule has 140 valence electrons. The quantitative estimate of drug-likeness (QED) is 0.512. The Labute approximate surface area is 160 Å². The van der Waals surface area contributed by atoms with Gasteiger partial charge < -0.3 is 10.1 Å². The molecular formula is C18H20N6O2S. The van der Waals surface area contributed by atoms with Crippen molar-refractivity contribution in [1.82, 2.24) is 30.3 Å². The van der Waals surface area contributed by atoms with Crippen molar-refractivity contribution >= 4 is 28.8 Å². The van der Waals surface area contributed by atoms with E-state index in [0.29, 0.717) is 22.7 Å². The second kappa shape index (κ2) is 8.01. The zero-order valence-corrected chi connectivity index (χ0v) is 15.8. The van der Waals surface area contributed by atoms with E-state index in [1.807, 2.05) is 31.2 Å². The second-order valence-electron chi connectivity index (χ2n) is 6.42. The summed E-state index contributed by atoms with van der Waals surface area (Å²) in [6.45, 7) is 3.37. The first-order chi connectivity index (χ1) is 13.2. The van der Waals surface area contributed by atoms with E-state index in [1.54, 1.807) is 4.68 Å². The van der Waals surface area contributed by atoms with Crippen molar-refractivity contribution in [3.05, 3.63) is 36.2 Å². The summed E-state index contributed by atoms with van der Waals surface area (Å²) in [5, 5.41) is 12.0. The summed E-state index contributed by atoms with van der Waals surface area (Å²) in [6.07, 6.45) is 3.68. The van der Waals surface area contributed by atoms with Crippen LogP contribution in [0.1, 0.15) is 18.4 Å². The fourth-order valence-electron chi connectivity index (χ4n) is 2.91. The maximum absolute atomic E-state index is 12.1. The number of carbonyl (C=O) groups is 1. The number of hydrogen-bond donors (Lipinski definition) is 1. The minimum absolute atomic E-state index is 0.0480. The summed E-state index contributed by atoms with van der Waals surface area (Å²) in [4.78, 5) is 20.7. The fourth-order valence-corrected chi connectivity index (χ4v) is 3.67. The first-order valence-corrected chi connectivity index (χ1v) is 9.84. The molecule has 4 rings (SSSR count). The van der Waals surface area contributed by atoms with Crippen LogP contribution in [0.2, 0.25) is 0 Å². The van der Waals surface area contributed by atoms with Crippen molar-refractivity contribution in [2.24, 2.45) is 0 Å². The highest BCUT2D eigenvalue weighted by atomic mass is 32.2. The lowest BCUT2D eigenvalue weighted by Gasteiger charge is -2.10. The van der Waals surface area contributed by atoms with E-state index >= 15 is 0 Å². The number of aromatic nitrogens is 5. The van der Waals surface area contributed by atoms with E-state index in [1.165, 1.54) is 23.7 Å². The average molecular weight is 384 g/mol. The summed E-state index contributed by atoms with van der Waals surface area (Å²) in [5.41, 5.74) is 3.27. The molecule has 9 heteroatoms. The van der Waals surface area contributed by atoms with Gasteiger partial charge in [-0.2, -0.15) is 4.68 Å². The molecule has 8 nitrogen and oxygen atoms in total. The van der Waals surface area contributed by atoms with Gasteiger partial charge >= 0.3 is 0 Å². The van der Waals surface area contributed by atoms with Crippen LogP contribution in [-0.2, 0) is 9.53 Å². The number of carbonyl (C=O) groups excluding carboxylic acids is 1. The summed E-state index contributed by atoms with van der Waals surface area (Å²) in [7, 11) is 0. The minimum Gasteiger partial charge on any atom is -0.376 e. The zero-order chi connectivity index (χ0) is 18.6. The molecule has 0 bridgehead atoms. The van der Waals surface area contributed by atoms with Crippen LogP contribution in [-0.4, -0.2) is 55.9 Å². The lowest BCUT2D eigenvalue weighted by Crippen LogP contribution is -2.32. The molecule has 27 heavy (non-hydrogen) atoms. The lowest BCUT2D eigenvalue weighted by atomic mass is 10.2. The average Bonchev–Trinajstić information content (AvgIpc) is 3.35. The summed E-state index contributed by atoms with van der Waals surface area (Å²) in [5.74, 6) is 0.212. The van der Waals surface area contributed by atoms with Crippen LogP contribution in [0.3, 0.4) is 0 Å². The highest BCUT2D eigenvalue weighted by Gasteiger charge is 2.17. The van der Waals surface area contributed by atoms with Crippen LogP contribution >= 0.6 is 11.8 Å². The molecule has 0 saturated carbocycles. The van der Waals surface area contributed by atoms with Gasteiger partial charge in [0.2, 0.25) is 5.91 Å². The highest BCUT2D eigenvalue weighted by Crippen LogP contribution is 2.24. The number of amides is 1. The standard InChI is InChI=1S/C18H20N6O2S/c1-12-4-6-13(7-5-12)24-17-16(22-23-24)18(21-11-20-17)27-10-15(25)19-9-14-3-2-8-26-14/h4-7,11,14H,2-3,8-10H2,1H3,(H,19,25)/t14-/m1/s1. The number of ether oxygens (including phenoxy) is 1. The Kier molecular flexibility index (Phi) is 5.30. The largest absolute Gasteiger partial charge is 0.376 e. The van der Waals surface area contributed by atoms with Crippen molar-refractivity contribution in [1.29, 1.82) is 0 Å². The Balaban J connectivity index is 1.44. The third kappa shape index (κ3) is 4.09. The Bertz CT molecular complexity index is 937. The van der Waals surface area contributed by atoms with Crippen molar-refractivity contribution in [3.8, 4) is 5.69 Å². The third-order valence-electron chi connectivity index (χ3n) is 4.37. The normalized spacial score (nSPS) is 16.7. The molecule has 2 aromatic heterocycles. The van der Waals surface area contributed by atoms with Crippen LogP contribution in [0.5, 0.6) is 0 Å². The highest BCUT2D eigenvalue weighted by molar-refractivity contribution is 8.00. The van der Waals surface area contributed by atoms with Gasteiger partial charge in [0, 0.05) is 13.2 Å². The van der Waals surface area contributed by atoms with E-state index in [0.717, 1.165) is 25.1 Å². The minimum atomic E-state index is -0.0480. The van der Waals surface area contributed by atoms with Gasteiger partial charge in [0.1, 0.15) is 11.4 Å². The lowest BCUT2D eigenvalue weighted by molar-refractivity contribution is -0.119. The topological polar surface area (TPSA) is 94.8 Å². The summed E-state index contributed by atoms with van der Waals surface area (Å²) >= 11 is 1.33. The van der Waals surface area contributed by atoms with Crippen molar-refractivity contribution in [3.63, 3.8) is 0 Å². The fraction of sp³-hybridized carbons (Fsp3) is 0.389. The van der Waals surface area contributed by atoms with Crippen LogP contribution in [0.4, 0.5) is 0 Å².